The molecule has 0 spiro atoms. The van der Waals surface area contributed by atoms with Crippen LogP contribution in [0, 0.1) is 20.2 Å². The predicted molar refractivity (Wildman–Crippen MR) is 135 cm³/mol. The van der Waals surface area contributed by atoms with Crippen molar-refractivity contribution in [3.63, 3.8) is 0 Å². The van der Waals surface area contributed by atoms with Crippen molar-refractivity contribution in [2.24, 2.45) is 0 Å². The third-order valence-corrected chi connectivity index (χ3v) is 11.0. The molecule has 0 saturated heterocycles. The number of hydrogen-bond acceptors (Lipinski definition) is 10. The van der Waals surface area contributed by atoms with E-state index in [0.29, 0.717) is 0 Å². The molecule has 0 unspecified atom stereocenters. The quantitative estimate of drug-likeness (QED) is 0.215. The first-order valence-electron chi connectivity index (χ1n) is 10.7. The molecule has 0 amide bonds. The van der Waals surface area contributed by atoms with Crippen molar-refractivity contribution >= 4 is 40.9 Å². The number of nitrogens with zero attached hydrogens (tertiary/aromatic N) is 2. The van der Waals surface area contributed by atoms with E-state index in [-0.39, 0.29) is 40.7 Å². The number of rotatable bonds is 8. The first kappa shape index (κ1) is 27.6. The summed E-state index contributed by atoms with van der Waals surface area (Å²) in [4.78, 5) is 18.8. The van der Waals surface area contributed by atoms with E-state index in [9.17, 15) is 45.5 Å². The number of sulfone groups is 3. The fraction of sp³-hybridized carbons (Fsp3) is 0. The molecule has 4 aromatic rings. The van der Waals surface area contributed by atoms with E-state index in [1.807, 2.05) is 0 Å². The Morgan fingerprint density at radius 3 is 0.667 bits per heavy atom. The Labute approximate surface area is 222 Å². The molecule has 200 valence electrons. The molecule has 0 aliphatic carbocycles. The maximum absolute atomic E-state index is 13.1. The molecule has 4 rings (SSSR count). The van der Waals surface area contributed by atoms with Gasteiger partial charge in [-0.25, -0.2) is 25.3 Å². The summed E-state index contributed by atoms with van der Waals surface area (Å²) in [6.07, 6.45) is 0. The van der Waals surface area contributed by atoms with Gasteiger partial charge in [0.15, 0.2) is 0 Å². The van der Waals surface area contributed by atoms with Crippen LogP contribution in [0.25, 0.3) is 0 Å². The third-order valence-electron chi connectivity index (χ3n) is 5.60. The van der Waals surface area contributed by atoms with E-state index >= 15 is 0 Å². The average Bonchev–Trinajstić information content (AvgIpc) is 2.93. The maximum atomic E-state index is 13.1. The van der Waals surface area contributed by atoms with Gasteiger partial charge in [-0.05, 0) is 72.8 Å². The van der Waals surface area contributed by atoms with Crippen molar-refractivity contribution < 1.29 is 35.1 Å². The van der Waals surface area contributed by atoms with Crippen molar-refractivity contribution in [3.05, 3.63) is 117 Å². The topological polar surface area (TPSA) is 189 Å². The number of nitro benzene ring substituents is 2. The standard InChI is InChI=1S/C24H16N2O10S3/c27-25(28)17-1-5-19(6-2-17)37(31,32)21-9-13-23(14-10-21)39(35,36)24-15-11-22(12-16-24)38(33,34)20-7-3-18(4-8-20)26(29)30/h1-16H. The van der Waals surface area contributed by atoms with E-state index in [4.69, 9.17) is 0 Å². The molecule has 39 heavy (non-hydrogen) atoms. The first-order valence-corrected chi connectivity index (χ1v) is 15.1. The molecule has 15 heteroatoms. The van der Waals surface area contributed by atoms with Gasteiger partial charge >= 0.3 is 0 Å². The van der Waals surface area contributed by atoms with Crippen LogP contribution < -0.4 is 0 Å². The highest BCUT2D eigenvalue weighted by molar-refractivity contribution is 7.92. The normalized spacial score (nSPS) is 12.1. The smallest absolute Gasteiger partial charge is 0.258 e. The highest BCUT2D eigenvalue weighted by atomic mass is 32.2. The van der Waals surface area contributed by atoms with Crippen LogP contribution in [0.1, 0.15) is 0 Å². The van der Waals surface area contributed by atoms with Gasteiger partial charge in [-0.15, -0.1) is 0 Å². The van der Waals surface area contributed by atoms with Crippen molar-refractivity contribution in [1.29, 1.82) is 0 Å². The van der Waals surface area contributed by atoms with Crippen LogP contribution in [0.4, 0.5) is 11.4 Å². The van der Waals surface area contributed by atoms with Crippen LogP contribution in [-0.2, 0) is 29.5 Å². The van der Waals surface area contributed by atoms with Gasteiger partial charge in [-0.1, -0.05) is 0 Å². The molecule has 0 fully saturated rings. The molecule has 12 nitrogen and oxygen atoms in total. The highest BCUT2D eigenvalue weighted by Crippen LogP contribution is 2.28. The van der Waals surface area contributed by atoms with E-state index < -0.39 is 39.4 Å². The highest BCUT2D eigenvalue weighted by Gasteiger charge is 2.24. The first-order chi connectivity index (χ1) is 18.2. The van der Waals surface area contributed by atoms with Gasteiger partial charge in [-0.2, -0.15) is 0 Å². The molecule has 0 atom stereocenters. The predicted octanol–water partition coefficient (Wildman–Crippen LogP) is 4.00. The van der Waals surface area contributed by atoms with Crippen molar-refractivity contribution in [2.75, 3.05) is 0 Å². The lowest BCUT2D eigenvalue weighted by atomic mass is 10.3. The average molecular weight is 589 g/mol. The Hall–Kier alpha value is -4.47. The van der Waals surface area contributed by atoms with Crippen LogP contribution in [0.3, 0.4) is 0 Å². The summed E-state index contributed by atoms with van der Waals surface area (Å²) < 4.78 is 77.5. The number of nitro groups is 2. The van der Waals surface area contributed by atoms with Gasteiger partial charge in [0.1, 0.15) is 0 Å². The Balaban J connectivity index is 1.59. The van der Waals surface area contributed by atoms with E-state index in [2.05, 4.69) is 0 Å². The Kier molecular flexibility index (Phi) is 7.08. The summed E-state index contributed by atoms with van der Waals surface area (Å²) in [7, 11) is -12.3. The van der Waals surface area contributed by atoms with Gasteiger partial charge in [0.05, 0.1) is 39.2 Å². The Morgan fingerprint density at radius 1 is 0.359 bits per heavy atom. The minimum atomic E-state index is -4.16. The van der Waals surface area contributed by atoms with Gasteiger partial charge in [0.25, 0.3) is 11.4 Å². The molecule has 0 aliphatic rings. The van der Waals surface area contributed by atoms with Crippen molar-refractivity contribution in [3.8, 4) is 0 Å². The van der Waals surface area contributed by atoms with Crippen LogP contribution >= 0.6 is 0 Å². The summed E-state index contributed by atoms with van der Waals surface area (Å²) in [6.45, 7) is 0. The minimum Gasteiger partial charge on any atom is -0.258 e. The lowest BCUT2D eigenvalue weighted by molar-refractivity contribution is -0.385. The van der Waals surface area contributed by atoms with Crippen LogP contribution in [0.5, 0.6) is 0 Å². The lowest BCUT2D eigenvalue weighted by Gasteiger charge is -2.09. The van der Waals surface area contributed by atoms with Gasteiger partial charge in [0, 0.05) is 24.3 Å². The molecule has 0 aliphatic heterocycles. The molecule has 4 aromatic carbocycles. The van der Waals surface area contributed by atoms with Crippen LogP contribution in [0.15, 0.2) is 126 Å². The largest absolute Gasteiger partial charge is 0.269 e. The van der Waals surface area contributed by atoms with Crippen molar-refractivity contribution in [1.82, 2.24) is 0 Å². The number of non-ortho nitro benzene ring substituents is 2. The zero-order valence-corrected chi connectivity index (χ0v) is 21.9. The van der Waals surface area contributed by atoms with E-state index in [0.717, 1.165) is 97.1 Å². The molecule has 0 heterocycles. The SMILES string of the molecule is O=[N+]([O-])c1ccc(S(=O)(=O)c2ccc(S(=O)(=O)c3ccc(S(=O)(=O)c4ccc([N+](=O)[O-])cc4)cc3)cc2)cc1. The maximum Gasteiger partial charge on any atom is 0.269 e. The van der Waals surface area contributed by atoms with E-state index in [1.165, 1.54) is 0 Å². The van der Waals surface area contributed by atoms with E-state index in [1.54, 1.807) is 0 Å². The molecule has 0 radical (unpaired) electrons. The monoisotopic (exact) mass is 588 g/mol. The fourth-order valence-electron chi connectivity index (χ4n) is 3.50. The van der Waals surface area contributed by atoms with Crippen LogP contribution in [-0.4, -0.2) is 35.1 Å². The van der Waals surface area contributed by atoms with Gasteiger partial charge in [-0.3, -0.25) is 20.2 Å². The molecule has 0 aromatic heterocycles. The minimum absolute atomic E-state index is 0.214. The van der Waals surface area contributed by atoms with Gasteiger partial charge in [0.2, 0.25) is 29.5 Å². The second-order valence-corrected chi connectivity index (χ2v) is 13.8. The summed E-state index contributed by atoms with van der Waals surface area (Å²) in [6, 6.07) is 17.1. The zero-order chi connectivity index (χ0) is 28.6. The summed E-state index contributed by atoms with van der Waals surface area (Å²) in [5.41, 5.74) is -0.580. The zero-order valence-electron chi connectivity index (χ0n) is 19.4. The Morgan fingerprint density at radius 2 is 0.513 bits per heavy atom. The summed E-state index contributed by atoms with van der Waals surface area (Å²) >= 11 is 0. The van der Waals surface area contributed by atoms with Crippen molar-refractivity contribution in [2.45, 2.75) is 29.4 Å². The van der Waals surface area contributed by atoms with Gasteiger partial charge < -0.3 is 0 Å². The fourth-order valence-corrected chi connectivity index (χ4v) is 7.28. The van der Waals surface area contributed by atoms with Crippen LogP contribution in [0.2, 0.25) is 0 Å². The lowest BCUT2D eigenvalue weighted by Crippen LogP contribution is -2.06. The third kappa shape index (κ3) is 5.27. The second-order valence-electron chi connectivity index (χ2n) is 7.96. The Bertz CT molecular complexity index is 1760. The molecule has 0 saturated carbocycles. The summed E-state index contributed by atoms with van der Waals surface area (Å²) in [5.74, 6) is 0. The molecular formula is C24H16N2O10S3. The number of hydrogen-bond donors (Lipinski definition) is 0. The molecule has 0 N–H and O–H groups in total. The summed E-state index contributed by atoms with van der Waals surface area (Å²) in [5, 5.41) is 21.6. The second kappa shape index (κ2) is 10.0. The molecular weight excluding hydrogens is 572 g/mol. The molecule has 0 bridgehead atoms. The number of benzene rings is 4.